The van der Waals surface area contributed by atoms with E-state index < -0.39 is 0 Å². The Kier molecular flexibility index (Phi) is 3.77. The lowest BCUT2D eigenvalue weighted by atomic mass is 10.3. The molecule has 0 unspecified atom stereocenters. The smallest absolute Gasteiger partial charge is 0.214 e. The van der Waals surface area contributed by atoms with Crippen molar-refractivity contribution < 1.29 is 4.74 Å². The average molecular weight is 176 g/mol. The highest BCUT2D eigenvalue weighted by atomic mass is 16.5. The first-order valence-corrected chi connectivity index (χ1v) is 4.36. The van der Waals surface area contributed by atoms with Gasteiger partial charge in [-0.1, -0.05) is 19.4 Å². The lowest BCUT2D eigenvalue weighted by molar-refractivity contribution is 0.297. The highest BCUT2D eigenvalue weighted by Gasteiger charge is 1.96. The van der Waals surface area contributed by atoms with Gasteiger partial charge < -0.3 is 4.74 Å². The van der Waals surface area contributed by atoms with Crippen LogP contribution in [-0.4, -0.2) is 11.6 Å². The summed E-state index contributed by atoms with van der Waals surface area (Å²) in [7, 11) is 0. The molecule has 0 bridgehead atoms. The van der Waals surface area contributed by atoms with Crippen LogP contribution in [0.3, 0.4) is 0 Å². The molecule has 1 aromatic rings. The first kappa shape index (κ1) is 9.53. The number of ether oxygens (including phenoxy) is 1. The van der Waals surface area contributed by atoms with E-state index in [1.54, 1.807) is 18.2 Å². The summed E-state index contributed by atoms with van der Waals surface area (Å²) in [6.45, 7) is 2.76. The Bertz CT molecular complexity index is 304. The quantitative estimate of drug-likeness (QED) is 0.660. The van der Waals surface area contributed by atoms with Gasteiger partial charge in [-0.3, -0.25) is 0 Å². The van der Waals surface area contributed by atoms with E-state index in [9.17, 15) is 0 Å². The predicted molar refractivity (Wildman–Crippen MR) is 49.4 cm³/mol. The SMILES string of the molecule is CCCCOc1cccc(C#N)n1. The largest absolute Gasteiger partial charge is 0.478 e. The van der Waals surface area contributed by atoms with Crippen LogP contribution in [0, 0.1) is 11.3 Å². The van der Waals surface area contributed by atoms with Crippen molar-refractivity contribution in [2.75, 3.05) is 6.61 Å². The highest BCUT2D eigenvalue weighted by molar-refractivity contribution is 5.24. The van der Waals surface area contributed by atoms with E-state index in [2.05, 4.69) is 11.9 Å². The Balaban J connectivity index is 2.52. The summed E-state index contributed by atoms with van der Waals surface area (Å²) in [5.41, 5.74) is 0.397. The molecule has 0 saturated heterocycles. The first-order valence-electron chi connectivity index (χ1n) is 4.36. The summed E-state index contributed by atoms with van der Waals surface area (Å²) in [4.78, 5) is 3.98. The summed E-state index contributed by atoms with van der Waals surface area (Å²) in [6.07, 6.45) is 2.11. The standard InChI is InChI=1S/C10H12N2O/c1-2-3-7-13-10-6-4-5-9(8-11)12-10/h4-6H,2-3,7H2,1H3. The third-order valence-corrected chi connectivity index (χ3v) is 1.59. The van der Waals surface area contributed by atoms with Crippen molar-refractivity contribution in [2.45, 2.75) is 19.8 Å². The molecule has 0 N–H and O–H groups in total. The van der Waals surface area contributed by atoms with Crippen molar-refractivity contribution in [1.29, 1.82) is 5.26 Å². The maximum atomic E-state index is 8.57. The molecule has 0 atom stereocenters. The number of unbranched alkanes of at least 4 members (excludes halogenated alkanes) is 1. The first-order chi connectivity index (χ1) is 6.36. The summed E-state index contributed by atoms with van der Waals surface area (Å²) in [5, 5.41) is 8.57. The van der Waals surface area contributed by atoms with E-state index in [0.29, 0.717) is 18.2 Å². The summed E-state index contributed by atoms with van der Waals surface area (Å²) in [5.74, 6) is 0.535. The van der Waals surface area contributed by atoms with Crippen molar-refractivity contribution in [3.8, 4) is 11.9 Å². The molecule has 3 heteroatoms. The van der Waals surface area contributed by atoms with E-state index in [1.165, 1.54) is 0 Å². The molecule has 0 fully saturated rings. The van der Waals surface area contributed by atoms with E-state index in [0.717, 1.165) is 12.8 Å². The molecule has 1 rings (SSSR count). The molecule has 0 aliphatic rings. The second-order valence-electron chi connectivity index (χ2n) is 2.67. The molecule has 0 aliphatic carbocycles. The molecular formula is C10H12N2O. The normalized spacial score (nSPS) is 9.23. The van der Waals surface area contributed by atoms with Gasteiger partial charge in [-0.15, -0.1) is 0 Å². The molecule has 0 spiro atoms. The van der Waals surface area contributed by atoms with E-state index in [1.807, 2.05) is 6.07 Å². The molecule has 0 saturated carbocycles. The zero-order valence-electron chi connectivity index (χ0n) is 7.66. The van der Waals surface area contributed by atoms with Crippen LogP contribution in [-0.2, 0) is 0 Å². The van der Waals surface area contributed by atoms with Gasteiger partial charge in [-0.25, -0.2) is 4.98 Å². The van der Waals surface area contributed by atoms with Gasteiger partial charge in [-0.05, 0) is 12.5 Å². The third-order valence-electron chi connectivity index (χ3n) is 1.59. The van der Waals surface area contributed by atoms with Crippen LogP contribution in [0.15, 0.2) is 18.2 Å². The van der Waals surface area contributed by atoms with Crippen LogP contribution >= 0.6 is 0 Å². The van der Waals surface area contributed by atoms with Gasteiger partial charge in [0.25, 0.3) is 0 Å². The Morgan fingerprint density at radius 3 is 3.08 bits per heavy atom. The number of nitrogens with zero attached hydrogens (tertiary/aromatic N) is 2. The Morgan fingerprint density at radius 1 is 1.54 bits per heavy atom. The number of pyridine rings is 1. The Hall–Kier alpha value is -1.56. The zero-order chi connectivity index (χ0) is 9.52. The molecule has 3 nitrogen and oxygen atoms in total. The van der Waals surface area contributed by atoms with Gasteiger partial charge in [-0.2, -0.15) is 5.26 Å². The molecule has 0 radical (unpaired) electrons. The fraction of sp³-hybridized carbons (Fsp3) is 0.400. The van der Waals surface area contributed by atoms with E-state index >= 15 is 0 Å². The van der Waals surface area contributed by atoms with Gasteiger partial charge in [0.2, 0.25) is 5.88 Å². The van der Waals surface area contributed by atoms with Crippen LogP contribution in [0.2, 0.25) is 0 Å². The van der Waals surface area contributed by atoms with E-state index in [-0.39, 0.29) is 0 Å². The lowest BCUT2D eigenvalue weighted by Gasteiger charge is -2.02. The monoisotopic (exact) mass is 176 g/mol. The van der Waals surface area contributed by atoms with Crippen molar-refractivity contribution in [3.63, 3.8) is 0 Å². The number of hydrogen-bond donors (Lipinski definition) is 0. The molecule has 0 aliphatic heterocycles. The van der Waals surface area contributed by atoms with E-state index in [4.69, 9.17) is 10.00 Å². The fourth-order valence-electron chi connectivity index (χ4n) is 0.879. The number of rotatable bonds is 4. The second-order valence-corrected chi connectivity index (χ2v) is 2.67. The topological polar surface area (TPSA) is 45.9 Å². The molecule has 0 aromatic carbocycles. The van der Waals surface area contributed by atoms with Gasteiger partial charge in [0.05, 0.1) is 6.61 Å². The lowest BCUT2D eigenvalue weighted by Crippen LogP contribution is -1.98. The minimum atomic E-state index is 0.397. The van der Waals surface area contributed by atoms with Crippen LogP contribution in [0.5, 0.6) is 5.88 Å². The van der Waals surface area contributed by atoms with Crippen LogP contribution in [0.25, 0.3) is 0 Å². The number of hydrogen-bond acceptors (Lipinski definition) is 3. The molecular weight excluding hydrogens is 164 g/mol. The highest BCUT2D eigenvalue weighted by Crippen LogP contribution is 2.07. The maximum absolute atomic E-state index is 8.57. The van der Waals surface area contributed by atoms with Crippen LogP contribution in [0.4, 0.5) is 0 Å². The molecule has 13 heavy (non-hydrogen) atoms. The van der Waals surface area contributed by atoms with Gasteiger partial charge in [0.15, 0.2) is 0 Å². The average Bonchev–Trinajstić information content (AvgIpc) is 2.19. The van der Waals surface area contributed by atoms with Gasteiger partial charge in [0.1, 0.15) is 11.8 Å². The van der Waals surface area contributed by atoms with Crippen molar-refractivity contribution in [2.24, 2.45) is 0 Å². The third kappa shape index (κ3) is 3.12. The van der Waals surface area contributed by atoms with Gasteiger partial charge >= 0.3 is 0 Å². The Morgan fingerprint density at radius 2 is 2.38 bits per heavy atom. The summed E-state index contributed by atoms with van der Waals surface area (Å²) in [6, 6.07) is 7.16. The summed E-state index contributed by atoms with van der Waals surface area (Å²) < 4.78 is 5.33. The maximum Gasteiger partial charge on any atom is 0.214 e. The number of aromatic nitrogens is 1. The molecule has 1 heterocycles. The van der Waals surface area contributed by atoms with Crippen LogP contribution in [0.1, 0.15) is 25.5 Å². The second kappa shape index (κ2) is 5.15. The molecule has 68 valence electrons. The fourth-order valence-corrected chi connectivity index (χ4v) is 0.879. The Labute approximate surface area is 78.0 Å². The van der Waals surface area contributed by atoms with Crippen LogP contribution < -0.4 is 4.74 Å². The zero-order valence-corrected chi connectivity index (χ0v) is 7.66. The minimum absolute atomic E-state index is 0.397. The summed E-state index contributed by atoms with van der Waals surface area (Å²) >= 11 is 0. The van der Waals surface area contributed by atoms with Gasteiger partial charge in [0, 0.05) is 6.07 Å². The molecule has 1 aromatic heterocycles. The van der Waals surface area contributed by atoms with Crippen molar-refractivity contribution in [3.05, 3.63) is 23.9 Å². The predicted octanol–water partition coefficient (Wildman–Crippen LogP) is 2.13. The minimum Gasteiger partial charge on any atom is -0.478 e. The number of nitriles is 1. The van der Waals surface area contributed by atoms with Crippen molar-refractivity contribution in [1.82, 2.24) is 4.98 Å². The van der Waals surface area contributed by atoms with Crippen molar-refractivity contribution >= 4 is 0 Å². The molecule has 0 amide bonds.